The van der Waals surface area contributed by atoms with Gasteiger partial charge in [0.25, 0.3) is 11.6 Å². The van der Waals surface area contributed by atoms with Gasteiger partial charge < -0.3 is 19.5 Å². The zero-order valence-corrected chi connectivity index (χ0v) is 15.8. The number of nitrogens with one attached hydrogen (secondary N) is 1. The summed E-state index contributed by atoms with van der Waals surface area (Å²) in [4.78, 5) is 34.0. The number of benzene rings is 2. The molecule has 0 aliphatic rings. The number of non-ortho nitro benzene ring substituents is 1. The van der Waals surface area contributed by atoms with Gasteiger partial charge in [0.1, 0.15) is 11.5 Å². The molecule has 0 aliphatic carbocycles. The van der Waals surface area contributed by atoms with E-state index in [0.29, 0.717) is 16.5 Å². The van der Waals surface area contributed by atoms with Crippen molar-refractivity contribution in [2.24, 2.45) is 0 Å². The van der Waals surface area contributed by atoms with Crippen molar-refractivity contribution in [3.8, 4) is 11.5 Å². The molecule has 10 heteroatoms. The van der Waals surface area contributed by atoms with E-state index < -0.39 is 29.5 Å². The van der Waals surface area contributed by atoms with Gasteiger partial charge in [-0.15, -0.1) is 0 Å². The van der Waals surface area contributed by atoms with Gasteiger partial charge in [0, 0.05) is 17.8 Å². The standard InChI is InChI=1S/C18H17ClN2O7/c1-11(18(23)20-12-3-8-16(26-2)15(19)9-12)28-17(22)10-27-14-6-4-13(5-7-14)21(24)25/h3-9,11H,10H2,1-2H3,(H,20,23)/t11-/m1/s1. The Balaban J connectivity index is 1.83. The second kappa shape index (κ2) is 9.56. The van der Waals surface area contributed by atoms with Crippen molar-refractivity contribution in [1.82, 2.24) is 0 Å². The molecule has 2 aromatic carbocycles. The summed E-state index contributed by atoms with van der Waals surface area (Å²) >= 11 is 5.99. The Morgan fingerprint density at radius 1 is 1.21 bits per heavy atom. The highest BCUT2D eigenvalue weighted by Crippen LogP contribution is 2.27. The van der Waals surface area contributed by atoms with Gasteiger partial charge in [0.2, 0.25) is 0 Å². The number of carbonyl (C=O) groups excluding carboxylic acids is 2. The fraction of sp³-hybridized carbons (Fsp3) is 0.222. The second-order valence-corrected chi connectivity index (χ2v) is 5.92. The van der Waals surface area contributed by atoms with Crippen LogP contribution in [0.2, 0.25) is 5.02 Å². The predicted octanol–water partition coefficient (Wildman–Crippen LogP) is 3.21. The maximum atomic E-state index is 12.1. The van der Waals surface area contributed by atoms with Crippen molar-refractivity contribution in [1.29, 1.82) is 0 Å². The average Bonchev–Trinajstić information content (AvgIpc) is 2.66. The smallest absolute Gasteiger partial charge is 0.344 e. The number of carbonyl (C=O) groups is 2. The topological polar surface area (TPSA) is 117 Å². The highest BCUT2D eigenvalue weighted by molar-refractivity contribution is 6.32. The number of rotatable bonds is 8. The summed E-state index contributed by atoms with van der Waals surface area (Å²) in [5, 5.41) is 13.5. The zero-order valence-electron chi connectivity index (χ0n) is 15.0. The molecule has 0 saturated carbocycles. The number of hydrogen-bond acceptors (Lipinski definition) is 7. The highest BCUT2D eigenvalue weighted by atomic mass is 35.5. The van der Waals surface area contributed by atoms with Crippen LogP contribution in [-0.4, -0.2) is 36.6 Å². The molecule has 1 atom stereocenters. The van der Waals surface area contributed by atoms with E-state index in [2.05, 4.69) is 5.32 Å². The van der Waals surface area contributed by atoms with E-state index in [1.54, 1.807) is 12.1 Å². The Morgan fingerprint density at radius 3 is 2.46 bits per heavy atom. The molecule has 2 rings (SSSR count). The van der Waals surface area contributed by atoms with Crippen molar-refractivity contribution < 1.29 is 28.7 Å². The summed E-state index contributed by atoms with van der Waals surface area (Å²) in [6.45, 7) is 0.952. The molecule has 1 amide bonds. The first-order chi connectivity index (χ1) is 13.3. The fourth-order valence-electron chi connectivity index (χ4n) is 2.08. The minimum atomic E-state index is -1.08. The molecule has 0 bridgehead atoms. The third-order valence-corrected chi connectivity index (χ3v) is 3.80. The van der Waals surface area contributed by atoms with Gasteiger partial charge >= 0.3 is 5.97 Å². The third-order valence-electron chi connectivity index (χ3n) is 3.50. The van der Waals surface area contributed by atoms with Crippen LogP contribution < -0.4 is 14.8 Å². The molecule has 0 spiro atoms. The molecule has 9 nitrogen and oxygen atoms in total. The van der Waals surface area contributed by atoms with Crippen LogP contribution in [0, 0.1) is 10.1 Å². The van der Waals surface area contributed by atoms with Crippen molar-refractivity contribution >= 4 is 34.9 Å². The molecule has 0 aromatic heterocycles. The number of ether oxygens (including phenoxy) is 3. The zero-order chi connectivity index (χ0) is 20.7. The summed E-state index contributed by atoms with van der Waals surface area (Å²) in [6.07, 6.45) is -1.08. The number of esters is 1. The van der Waals surface area contributed by atoms with Crippen molar-refractivity contribution in [3.05, 3.63) is 57.6 Å². The molecule has 0 saturated heterocycles. The summed E-state index contributed by atoms with van der Waals surface area (Å²) in [6, 6.07) is 9.89. The van der Waals surface area contributed by atoms with Crippen LogP contribution in [0.15, 0.2) is 42.5 Å². The Kier molecular flexibility index (Phi) is 7.16. The van der Waals surface area contributed by atoms with Gasteiger partial charge in [-0.25, -0.2) is 4.79 Å². The molecule has 0 heterocycles. The molecule has 0 radical (unpaired) electrons. The van der Waals surface area contributed by atoms with Crippen molar-refractivity contribution in [2.75, 3.05) is 19.0 Å². The molecule has 2 aromatic rings. The van der Waals surface area contributed by atoms with Crippen molar-refractivity contribution in [3.63, 3.8) is 0 Å². The van der Waals surface area contributed by atoms with Gasteiger partial charge in [-0.1, -0.05) is 11.6 Å². The molecular weight excluding hydrogens is 392 g/mol. The van der Waals surface area contributed by atoms with E-state index in [1.165, 1.54) is 44.4 Å². The van der Waals surface area contributed by atoms with E-state index in [9.17, 15) is 19.7 Å². The lowest BCUT2D eigenvalue weighted by Gasteiger charge is -2.14. The van der Waals surface area contributed by atoms with Gasteiger partial charge in [-0.3, -0.25) is 14.9 Å². The number of amides is 1. The molecule has 0 aliphatic heterocycles. The van der Waals surface area contributed by atoms with Crippen LogP contribution >= 0.6 is 11.6 Å². The van der Waals surface area contributed by atoms with Gasteiger partial charge in [0.05, 0.1) is 17.1 Å². The van der Waals surface area contributed by atoms with E-state index in [1.807, 2.05) is 0 Å². The lowest BCUT2D eigenvalue weighted by molar-refractivity contribution is -0.384. The van der Waals surface area contributed by atoms with Crippen LogP contribution in [0.3, 0.4) is 0 Å². The molecular formula is C18H17ClN2O7. The third kappa shape index (κ3) is 5.85. The summed E-state index contributed by atoms with van der Waals surface area (Å²) in [5.74, 6) is -0.603. The van der Waals surface area contributed by atoms with E-state index >= 15 is 0 Å². The van der Waals surface area contributed by atoms with Crippen LogP contribution in [0.25, 0.3) is 0 Å². The van der Waals surface area contributed by atoms with E-state index in [-0.39, 0.29) is 11.4 Å². The minimum Gasteiger partial charge on any atom is -0.495 e. The number of nitro benzene ring substituents is 1. The minimum absolute atomic E-state index is 0.0983. The van der Waals surface area contributed by atoms with Crippen LogP contribution in [0.1, 0.15) is 6.92 Å². The lowest BCUT2D eigenvalue weighted by Crippen LogP contribution is -2.31. The van der Waals surface area contributed by atoms with Crippen molar-refractivity contribution in [2.45, 2.75) is 13.0 Å². The number of nitro groups is 1. The van der Waals surface area contributed by atoms with Crippen LogP contribution in [-0.2, 0) is 14.3 Å². The second-order valence-electron chi connectivity index (χ2n) is 5.51. The van der Waals surface area contributed by atoms with Crippen LogP contribution in [0.4, 0.5) is 11.4 Å². The van der Waals surface area contributed by atoms with Gasteiger partial charge in [-0.2, -0.15) is 0 Å². The molecule has 148 valence electrons. The first-order valence-electron chi connectivity index (χ1n) is 8.01. The first-order valence-corrected chi connectivity index (χ1v) is 8.39. The van der Waals surface area contributed by atoms with Gasteiger partial charge in [-0.05, 0) is 37.3 Å². The highest BCUT2D eigenvalue weighted by Gasteiger charge is 2.19. The Bertz CT molecular complexity index is 871. The summed E-state index contributed by atoms with van der Waals surface area (Å²) in [5.41, 5.74) is 0.319. The quantitative estimate of drug-likeness (QED) is 0.405. The Hall–Kier alpha value is -3.33. The number of hydrogen-bond donors (Lipinski definition) is 1. The van der Waals surface area contributed by atoms with Crippen LogP contribution in [0.5, 0.6) is 11.5 Å². The van der Waals surface area contributed by atoms with E-state index in [0.717, 1.165) is 0 Å². The number of methoxy groups -OCH3 is 1. The molecule has 0 unspecified atom stereocenters. The maximum absolute atomic E-state index is 12.1. The summed E-state index contributed by atoms with van der Waals surface area (Å²) < 4.78 is 15.2. The maximum Gasteiger partial charge on any atom is 0.344 e. The van der Waals surface area contributed by atoms with Gasteiger partial charge in [0.15, 0.2) is 12.7 Å². The lowest BCUT2D eigenvalue weighted by atomic mass is 10.3. The monoisotopic (exact) mass is 408 g/mol. The number of halogens is 1. The molecule has 0 fully saturated rings. The first kappa shape index (κ1) is 21.0. The molecule has 1 N–H and O–H groups in total. The number of anilines is 1. The summed E-state index contributed by atoms with van der Waals surface area (Å²) in [7, 11) is 1.47. The molecule has 28 heavy (non-hydrogen) atoms. The number of nitrogens with zero attached hydrogens (tertiary/aromatic N) is 1. The normalized spacial score (nSPS) is 11.2. The predicted molar refractivity (Wildman–Crippen MR) is 101 cm³/mol. The van der Waals surface area contributed by atoms with E-state index in [4.69, 9.17) is 25.8 Å². The Morgan fingerprint density at radius 2 is 1.89 bits per heavy atom. The average molecular weight is 409 g/mol. The fourth-order valence-corrected chi connectivity index (χ4v) is 2.34. The largest absolute Gasteiger partial charge is 0.495 e. The SMILES string of the molecule is COc1ccc(NC(=O)[C@@H](C)OC(=O)COc2ccc([N+](=O)[O-])cc2)cc1Cl. The Labute approximate surface area is 165 Å².